The maximum Gasteiger partial charge on any atom is 0.325 e. The molecule has 7 nitrogen and oxygen atoms in total. The van der Waals surface area contributed by atoms with Crippen LogP contribution in [-0.4, -0.2) is 36.4 Å². The standard InChI is InChI=1S/C20H17N3O4S/c1-27-17(24)11-21-18(25)13-7-9-15(10-8-13)22-19(26)16-12-28-20(23-16)14-5-3-2-4-6-14/h2-10,12H,11H2,1H3,(H,21,25)(H,22,26). The number of methoxy groups -OCH3 is 1. The summed E-state index contributed by atoms with van der Waals surface area (Å²) in [6.07, 6.45) is 0. The fourth-order valence-corrected chi connectivity index (χ4v) is 3.12. The highest BCUT2D eigenvalue weighted by atomic mass is 32.1. The first-order chi connectivity index (χ1) is 13.6. The number of amides is 2. The van der Waals surface area contributed by atoms with Crippen LogP contribution in [0.5, 0.6) is 0 Å². The Bertz CT molecular complexity index is 984. The van der Waals surface area contributed by atoms with Crippen molar-refractivity contribution in [3.63, 3.8) is 0 Å². The maximum absolute atomic E-state index is 12.4. The molecule has 2 aromatic carbocycles. The van der Waals surface area contributed by atoms with Gasteiger partial charge in [-0.1, -0.05) is 30.3 Å². The molecule has 0 bridgehead atoms. The van der Waals surface area contributed by atoms with Crippen molar-refractivity contribution in [3.8, 4) is 10.6 Å². The molecule has 1 aromatic heterocycles. The molecule has 0 unspecified atom stereocenters. The van der Waals surface area contributed by atoms with Crippen molar-refractivity contribution in [2.24, 2.45) is 0 Å². The normalized spacial score (nSPS) is 10.2. The van der Waals surface area contributed by atoms with Crippen molar-refractivity contribution in [2.45, 2.75) is 0 Å². The number of esters is 1. The van der Waals surface area contributed by atoms with Crippen LogP contribution in [0.3, 0.4) is 0 Å². The molecule has 0 fully saturated rings. The van der Waals surface area contributed by atoms with Gasteiger partial charge in [-0.15, -0.1) is 11.3 Å². The zero-order valence-electron chi connectivity index (χ0n) is 15.0. The molecule has 3 rings (SSSR count). The highest BCUT2D eigenvalue weighted by Gasteiger charge is 2.13. The number of aromatic nitrogens is 1. The highest BCUT2D eigenvalue weighted by molar-refractivity contribution is 7.13. The molecule has 0 radical (unpaired) electrons. The Balaban J connectivity index is 1.61. The first-order valence-electron chi connectivity index (χ1n) is 8.34. The van der Waals surface area contributed by atoms with E-state index in [-0.39, 0.29) is 12.5 Å². The Morgan fingerprint density at radius 3 is 2.39 bits per heavy atom. The van der Waals surface area contributed by atoms with E-state index in [2.05, 4.69) is 20.4 Å². The van der Waals surface area contributed by atoms with Crippen molar-refractivity contribution in [3.05, 3.63) is 71.2 Å². The Morgan fingerprint density at radius 1 is 1.00 bits per heavy atom. The van der Waals surface area contributed by atoms with Crippen LogP contribution in [0, 0.1) is 0 Å². The molecular weight excluding hydrogens is 378 g/mol. The summed E-state index contributed by atoms with van der Waals surface area (Å²) < 4.78 is 4.47. The average molecular weight is 395 g/mol. The van der Waals surface area contributed by atoms with Gasteiger partial charge in [-0.25, -0.2) is 4.98 Å². The number of nitrogens with one attached hydrogen (secondary N) is 2. The van der Waals surface area contributed by atoms with Gasteiger partial charge in [0.15, 0.2) is 0 Å². The van der Waals surface area contributed by atoms with Gasteiger partial charge in [-0.05, 0) is 24.3 Å². The lowest BCUT2D eigenvalue weighted by Crippen LogP contribution is -2.30. The second-order valence-corrected chi connectivity index (χ2v) is 6.55. The number of benzene rings is 2. The number of rotatable bonds is 6. The van der Waals surface area contributed by atoms with Crippen molar-refractivity contribution in [1.82, 2.24) is 10.3 Å². The summed E-state index contributed by atoms with van der Waals surface area (Å²) in [6, 6.07) is 15.9. The number of hydrogen-bond donors (Lipinski definition) is 2. The molecule has 0 aliphatic heterocycles. The van der Waals surface area contributed by atoms with Gasteiger partial charge in [0.2, 0.25) is 0 Å². The molecule has 142 valence electrons. The third-order valence-corrected chi connectivity index (χ3v) is 4.67. The molecule has 28 heavy (non-hydrogen) atoms. The Kier molecular flexibility index (Phi) is 6.13. The zero-order chi connectivity index (χ0) is 19.9. The minimum atomic E-state index is -0.532. The van der Waals surface area contributed by atoms with E-state index in [0.717, 1.165) is 10.6 Å². The first-order valence-corrected chi connectivity index (χ1v) is 9.22. The van der Waals surface area contributed by atoms with E-state index < -0.39 is 11.9 Å². The molecular formula is C20H17N3O4S. The molecule has 8 heteroatoms. The lowest BCUT2D eigenvalue weighted by atomic mass is 10.2. The molecule has 0 spiro atoms. The second-order valence-electron chi connectivity index (χ2n) is 5.69. The largest absolute Gasteiger partial charge is 0.468 e. The molecule has 2 amide bonds. The minimum absolute atomic E-state index is 0.207. The molecule has 0 aliphatic rings. The topological polar surface area (TPSA) is 97.4 Å². The summed E-state index contributed by atoms with van der Waals surface area (Å²) in [4.78, 5) is 39.8. The summed E-state index contributed by atoms with van der Waals surface area (Å²) >= 11 is 1.39. The summed E-state index contributed by atoms with van der Waals surface area (Å²) in [5, 5.41) is 7.66. The summed E-state index contributed by atoms with van der Waals surface area (Å²) in [6.45, 7) is -0.207. The maximum atomic E-state index is 12.4. The van der Waals surface area contributed by atoms with Crippen LogP contribution >= 0.6 is 11.3 Å². The fraction of sp³-hybridized carbons (Fsp3) is 0.100. The Labute approximate surface area is 165 Å². The van der Waals surface area contributed by atoms with Crippen LogP contribution in [0.4, 0.5) is 5.69 Å². The lowest BCUT2D eigenvalue weighted by molar-refractivity contribution is -0.139. The lowest BCUT2D eigenvalue weighted by Gasteiger charge is -2.06. The molecule has 0 atom stereocenters. The molecule has 3 aromatic rings. The van der Waals surface area contributed by atoms with E-state index in [0.29, 0.717) is 16.9 Å². The molecule has 0 aliphatic carbocycles. The van der Waals surface area contributed by atoms with Crippen LogP contribution in [0.2, 0.25) is 0 Å². The van der Waals surface area contributed by atoms with Gasteiger partial charge in [-0.3, -0.25) is 14.4 Å². The minimum Gasteiger partial charge on any atom is -0.468 e. The zero-order valence-corrected chi connectivity index (χ0v) is 15.8. The number of carbonyl (C=O) groups is 3. The third-order valence-electron chi connectivity index (χ3n) is 3.78. The molecule has 0 saturated carbocycles. The summed E-state index contributed by atoms with van der Waals surface area (Å²) in [5.41, 5.74) is 2.17. The number of carbonyl (C=O) groups excluding carboxylic acids is 3. The van der Waals surface area contributed by atoms with Crippen LogP contribution < -0.4 is 10.6 Å². The fourth-order valence-electron chi connectivity index (χ4n) is 2.32. The monoisotopic (exact) mass is 395 g/mol. The van der Waals surface area contributed by atoms with Crippen LogP contribution in [0.25, 0.3) is 10.6 Å². The van der Waals surface area contributed by atoms with E-state index in [1.807, 2.05) is 30.3 Å². The van der Waals surface area contributed by atoms with E-state index >= 15 is 0 Å². The third kappa shape index (κ3) is 4.80. The number of hydrogen-bond acceptors (Lipinski definition) is 6. The van der Waals surface area contributed by atoms with Crippen molar-refractivity contribution in [1.29, 1.82) is 0 Å². The van der Waals surface area contributed by atoms with Gasteiger partial charge in [0.25, 0.3) is 11.8 Å². The van der Waals surface area contributed by atoms with Gasteiger partial charge in [0, 0.05) is 22.2 Å². The van der Waals surface area contributed by atoms with Crippen LogP contribution in [0.1, 0.15) is 20.8 Å². The van der Waals surface area contributed by atoms with Gasteiger partial charge in [-0.2, -0.15) is 0 Å². The van der Waals surface area contributed by atoms with Crippen molar-refractivity contribution in [2.75, 3.05) is 19.0 Å². The van der Waals surface area contributed by atoms with Gasteiger partial charge in [0.1, 0.15) is 17.2 Å². The smallest absolute Gasteiger partial charge is 0.325 e. The highest BCUT2D eigenvalue weighted by Crippen LogP contribution is 2.23. The van der Waals surface area contributed by atoms with E-state index in [1.165, 1.54) is 18.4 Å². The van der Waals surface area contributed by atoms with Gasteiger partial charge in [0.05, 0.1) is 7.11 Å². The number of ether oxygens (including phenoxy) is 1. The SMILES string of the molecule is COC(=O)CNC(=O)c1ccc(NC(=O)c2csc(-c3ccccc3)n2)cc1. The Hall–Kier alpha value is -3.52. The Morgan fingerprint density at radius 2 is 1.71 bits per heavy atom. The second kappa shape index (κ2) is 8.92. The number of nitrogens with zero attached hydrogens (tertiary/aromatic N) is 1. The molecule has 0 saturated heterocycles. The van der Waals surface area contributed by atoms with E-state index in [4.69, 9.17) is 0 Å². The molecule has 2 N–H and O–H groups in total. The predicted octanol–water partition coefficient (Wildman–Crippen LogP) is 2.97. The first kappa shape index (κ1) is 19.2. The number of anilines is 1. The van der Waals surface area contributed by atoms with Gasteiger partial charge < -0.3 is 15.4 Å². The van der Waals surface area contributed by atoms with E-state index in [9.17, 15) is 14.4 Å². The molecule has 1 heterocycles. The summed E-state index contributed by atoms with van der Waals surface area (Å²) in [5.74, 6) is -1.27. The quantitative estimate of drug-likeness (QED) is 0.626. The summed E-state index contributed by atoms with van der Waals surface area (Å²) in [7, 11) is 1.25. The number of thiazole rings is 1. The average Bonchev–Trinajstić information content (AvgIpc) is 3.23. The van der Waals surface area contributed by atoms with Crippen molar-refractivity contribution >= 4 is 34.8 Å². The van der Waals surface area contributed by atoms with Crippen molar-refractivity contribution < 1.29 is 19.1 Å². The predicted molar refractivity (Wildman–Crippen MR) is 106 cm³/mol. The van der Waals surface area contributed by atoms with Crippen LogP contribution in [0.15, 0.2) is 60.0 Å². The van der Waals surface area contributed by atoms with Crippen LogP contribution in [-0.2, 0) is 9.53 Å². The van der Waals surface area contributed by atoms with Gasteiger partial charge >= 0.3 is 5.97 Å². The van der Waals surface area contributed by atoms with E-state index in [1.54, 1.807) is 29.6 Å².